The Bertz CT molecular complexity index is 3160. The smallest absolute Gasteiger partial charge is 0.164 e. The Kier molecular flexibility index (Phi) is 7.14. The summed E-state index contributed by atoms with van der Waals surface area (Å²) >= 11 is 0. The van der Waals surface area contributed by atoms with Crippen LogP contribution in [0.25, 0.3) is 105 Å². The van der Waals surface area contributed by atoms with Crippen molar-refractivity contribution in [2.45, 2.75) is 0 Å². The van der Waals surface area contributed by atoms with Gasteiger partial charge in [-0.05, 0) is 73.8 Å². The lowest BCUT2D eigenvalue weighted by molar-refractivity contribution is 1.07. The fourth-order valence-electron chi connectivity index (χ4n) is 8.14. The second-order valence-corrected chi connectivity index (χ2v) is 14.1. The Hall–Kier alpha value is -7.43. The molecule has 0 fully saturated rings. The number of nitrogens with zero attached hydrogens (tertiary/aromatic N) is 4. The number of fused-ring (bicyclic) bond motifs is 8. The van der Waals surface area contributed by atoms with E-state index < -0.39 is 0 Å². The summed E-state index contributed by atoms with van der Waals surface area (Å²) in [4.78, 5) is 15.4. The Labute approximate surface area is 317 Å². The van der Waals surface area contributed by atoms with Gasteiger partial charge in [-0.15, -0.1) is 0 Å². The van der Waals surface area contributed by atoms with Crippen LogP contribution in [-0.4, -0.2) is 19.5 Å². The van der Waals surface area contributed by atoms with E-state index in [1.54, 1.807) is 0 Å². The van der Waals surface area contributed by atoms with E-state index in [1.807, 2.05) is 6.07 Å². The number of benzene rings is 9. The molecule has 0 amide bonds. The first-order chi connectivity index (χ1) is 27.2. The van der Waals surface area contributed by atoms with Crippen LogP contribution in [0.5, 0.6) is 0 Å². The van der Waals surface area contributed by atoms with Crippen molar-refractivity contribution >= 4 is 54.1 Å². The second-order valence-electron chi connectivity index (χ2n) is 14.1. The van der Waals surface area contributed by atoms with Crippen LogP contribution in [0.3, 0.4) is 0 Å². The van der Waals surface area contributed by atoms with Crippen LogP contribution in [0.4, 0.5) is 0 Å². The van der Waals surface area contributed by atoms with Crippen molar-refractivity contribution in [2.24, 2.45) is 0 Å². The molecule has 0 bridgehead atoms. The Morgan fingerprint density at radius 3 is 1.40 bits per heavy atom. The van der Waals surface area contributed by atoms with Crippen LogP contribution in [-0.2, 0) is 0 Å². The molecule has 0 radical (unpaired) electrons. The maximum absolute atomic E-state index is 5.17. The van der Waals surface area contributed by atoms with Crippen LogP contribution in [0.1, 0.15) is 0 Å². The molecule has 9 aromatic carbocycles. The molecule has 0 spiro atoms. The lowest BCUT2D eigenvalue weighted by Gasteiger charge is -2.12. The van der Waals surface area contributed by atoms with E-state index in [-0.39, 0.29) is 0 Å². The molecular formula is C51H32N4. The number of rotatable bonds is 5. The molecule has 4 heteroatoms. The first-order valence-electron chi connectivity index (χ1n) is 18.6. The average molecular weight is 701 g/mol. The summed E-state index contributed by atoms with van der Waals surface area (Å²) in [5, 5.41) is 9.79. The lowest BCUT2D eigenvalue weighted by Crippen LogP contribution is -2.01. The Balaban J connectivity index is 1.11. The van der Waals surface area contributed by atoms with E-state index in [0.29, 0.717) is 17.5 Å². The quantitative estimate of drug-likeness (QED) is 0.179. The van der Waals surface area contributed by atoms with E-state index in [2.05, 4.69) is 193 Å². The minimum Gasteiger partial charge on any atom is -0.309 e. The molecule has 0 aliphatic carbocycles. The number of aromatic nitrogens is 4. The third-order valence-corrected chi connectivity index (χ3v) is 10.8. The standard InChI is InChI=1S/C51H32N4/c1-2-11-33(12-3-1)35-21-24-38(25-22-35)49-52-50(54-51(53-49)41-26-23-34-13-4-5-16-39(34)31-41)40-17-10-18-42(32-40)55-45-29-27-36-14-6-8-19-43(36)47(45)48-44-20-9-7-15-37(44)28-30-46(48)55/h1-32H. The van der Waals surface area contributed by atoms with Crippen molar-refractivity contribution in [3.05, 3.63) is 194 Å². The summed E-state index contributed by atoms with van der Waals surface area (Å²) in [7, 11) is 0. The van der Waals surface area contributed by atoms with Gasteiger partial charge in [0.1, 0.15) is 0 Å². The summed E-state index contributed by atoms with van der Waals surface area (Å²) in [6.07, 6.45) is 0. The van der Waals surface area contributed by atoms with Crippen molar-refractivity contribution in [3.63, 3.8) is 0 Å². The summed E-state index contributed by atoms with van der Waals surface area (Å²) in [6.45, 7) is 0. The average Bonchev–Trinajstić information content (AvgIpc) is 3.62. The molecule has 0 atom stereocenters. The zero-order valence-electron chi connectivity index (χ0n) is 29.8. The van der Waals surface area contributed by atoms with Gasteiger partial charge < -0.3 is 4.57 Å². The molecule has 0 aliphatic heterocycles. The van der Waals surface area contributed by atoms with Gasteiger partial charge in [0.2, 0.25) is 0 Å². The highest BCUT2D eigenvalue weighted by atomic mass is 15.0. The molecule has 0 aliphatic rings. The molecule has 0 unspecified atom stereocenters. The molecule has 11 aromatic rings. The largest absolute Gasteiger partial charge is 0.309 e. The molecule has 11 rings (SSSR count). The molecule has 2 aromatic heterocycles. The van der Waals surface area contributed by atoms with Gasteiger partial charge in [0, 0.05) is 33.2 Å². The van der Waals surface area contributed by atoms with Crippen LogP contribution >= 0.6 is 0 Å². The molecule has 4 nitrogen and oxygen atoms in total. The van der Waals surface area contributed by atoms with Gasteiger partial charge in [-0.2, -0.15) is 0 Å². The predicted octanol–water partition coefficient (Wildman–Crippen LogP) is 13.1. The topological polar surface area (TPSA) is 43.6 Å². The molecule has 55 heavy (non-hydrogen) atoms. The minimum atomic E-state index is 0.624. The molecule has 256 valence electrons. The highest BCUT2D eigenvalue weighted by Gasteiger charge is 2.19. The van der Waals surface area contributed by atoms with Crippen LogP contribution in [0, 0.1) is 0 Å². The molecule has 0 N–H and O–H groups in total. The molecular weight excluding hydrogens is 669 g/mol. The zero-order chi connectivity index (χ0) is 36.3. The molecule has 2 heterocycles. The number of hydrogen-bond acceptors (Lipinski definition) is 3. The van der Waals surface area contributed by atoms with Gasteiger partial charge in [-0.1, -0.05) is 164 Å². The van der Waals surface area contributed by atoms with Crippen LogP contribution in [0.15, 0.2) is 194 Å². The lowest BCUT2D eigenvalue weighted by atomic mass is 10.00. The van der Waals surface area contributed by atoms with Gasteiger partial charge >= 0.3 is 0 Å². The van der Waals surface area contributed by atoms with Crippen molar-refractivity contribution < 1.29 is 0 Å². The first kappa shape index (κ1) is 31.1. The zero-order valence-corrected chi connectivity index (χ0v) is 29.8. The summed E-state index contributed by atoms with van der Waals surface area (Å²) < 4.78 is 2.39. The minimum absolute atomic E-state index is 0.624. The summed E-state index contributed by atoms with van der Waals surface area (Å²) in [5.74, 6) is 1.89. The molecule has 0 saturated heterocycles. The van der Waals surface area contributed by atoms with Gasteiger partial charge in [0.05, 0.1) is 11.0 Å². The van der Waals surface area contributed by atoms with Crippen LogP contribution < -0.4 is 0 Å². The van der Waals surface area contributed by atoms with Crippen LogP contribution in [0.2, 0.25) is 0 Å². The third-order valence-electron chi connectivity index (χ3n) is 10.8. The third kappa shape index (κ3) is 5.26. The second kappa shape index (κ2) is 12.6. The highest BCUT2D eigenvalue weighted by Crippen LogP contribution is 2.41. The van der Waals surface area contributed by atoms with Gasteiger partial charge in [0.15, 0.2) is 17.5 Å². The predicted molar refractivity (Wildman–Crippen MR) is 228 cm³/mol. The SMILES string of the molecule is c1ccc(-c2ccc(-c3nc(-c4cccc(-n5c6ccc7ccccc7c6c6c7ccccc7ccc65)c4)nc(-c4ccc5ccccc5c4)n3)cc2)cc1. The van der Waals surface area contributed by atoms with Crippen molar-refractivity contribution in [1.29, 1.82) is 0 Å². The fraction of sp³-hybridized carbons (Fsp3) is 0. The van der Waals surface area contributed by atoms with Gasteiger partial charge in [0.25, 0.3) is 0 Å². The normalized spacial score (nSPS) is 11.6. The van der Waals surface area contributed by atoms with E-state index in [0.717, 1.165) is 44.4 Å². The maximum atomic E-state index is 5.17. The fourth-order valence-corrected chi connectivity index (χ4v) is 8.14. The van der Waals surface area contributed by atoms with E-state index in [1.165, 1.54) is 43.3 Å². The van der Waals surface area contributed by atoms with Gasteiger partial charge in [-0.25, -0.2) is 15.0 Å². The van der Waals surface area contributed by atoms with Crippen molar-refractivity contribution in [1.82, 2.24) is 19.5 Å². The number of hydrogen-bond donors (Lipinski definition) is 0. The Morgan fingerprint density at radius 1 is 0.291 bits per heavy atom. The molecule has 0 saturated carbocycles. The highest BCUT2D eigenvalue weighted by molar-refractivity contribution is 6.28. The van der Waals surface area contributed by atoms with E-state index in [4.69, 9.17) is 15.0 Å². The van der Waals surface area contributed by atoms with E-state index >= 15 is 0 Å². The summed E-state index contributed by atoms with van der Waals surface area (Å²) in [5.41, 5.74) is 8.48. The first-order valence-corrected chi connectivity index (χ1v) is 18.6. The van der Waals surface area contributed by atoms with Gasteiger partial charge in [-0.3, -0.25) is 0 Å². The van der Waals surface area contributed by atoms with Crippen molar-refractivity contribution in [2.75, 3.05) is 0 Å². The van der Waals surface area contributed by atoms with Crippen molar-refractivity contribution in [3.8, 4) is 51.0 Å². The monoisotopic (exact) mass is 700 g/mol. The maximum Gasteiger partial charge on any atom is 0.164 e. The van der Waals surface area contributed by atoms with E-state index in [9.17, 15) is 0 Å². The Morgan fingerprint density at radius 2 is 0.745 bits per heavy atom. The summed E-state index contributed by atoms with van der Waals surface area (Å²) in [6, 6.07) is 68.7.